The standard InChI is InChI=1S/C14H11/c1-10-5-4-7-12-9-11-6-2-3-8-13(11)14(10)12/h2-5,7-8H,9H2,1H3. The molecule has 0 bridgehead atoms. The average molecular weight is 179 g/mol. The second kappa shape index (κ2) is 2.71. The topological polar surface area (TPSA) is 0 Å². The molecule has 0 fully saturated rings. The molecule has 67 valence electrons. The first kappa shape index (κ1) is 7.81. The molecule has 2 aromatic rings. The van der Waals surface area contributed by atoms with Gasteiger partial charge in [-0.3, -0.25) is 0 Å². The molecule has 0 amide bonds. The van der Waals surface area contributed by atoms with E-state index in [9.17, 15) is 0 Å². The molecule has 1 aliphatic carbocycles. The van der Waals surface area contributed by atoms with Crippen LogP contribution in [0.3, 0.4) is 0 Å². The van der Waals surface area contributed by atoms with Gasteiger partial charge in [-0.2, -0.15) is 0 Å². The lowest BCUT2D eigenvalue weighted by molar-refractivity contribution is 1.25. The lowest BCUT2D eigenvalue weighted by Crippen LogP contribution is -1.82. The smallest absolute Gasteiger partial charge is 0.000718 e. The van der Waals surface area contributed by atoms with Gasteiger partial charge in [0.15, 0.2) is 0 Å². The maximum Gasteiger partial charge on any atom is -0.000718 e. The zero-order chi connectivity index (χ0) is 9.54. The minimum Gasteiger partial charge on any atom is -0.0617 e. The van der Waals surface area contributed by atoms with Gasteiger partial charge in [0.1, 0.15) is 0 Å². The SMILES string of the molecule is Cc1cccc2c1-c1ccc[c]c1C2. The molecule has 0 aliphatic heterocycles. The van der Waals surface area contributed by atoms with Gasteiger partial charge in [0.25, 0.3) is 0 Å². The van der Waals surface area contributed by atoms with E-state index in [1.807, 2.05) is 6.07 Å². The van der Waals surface area contributed by atoms with E-state index in [1.165, 1.54) is 27.8 Å². The van der Waals surface area contributed by atoms with Crippen molar-refractivity contribution < 1.29 is 0 Å². The van der Waals surface area contributed by atoms with E-state index in [0.29, 0.717) is 0 Å². The van der Waals surface area contributed by atoms with Crippen LogP contribution in [0, 0.1) is 13.0 Å². The Morgan fingerprint density at radius 3 is 3.00 bits per heavy atom. The van der Waals surface area contributed by atoms with E-state index >= 15 is 0 Å². The minimum absolute atomic E-state index is 1.05. The Bertz CT molecular complexity index is 495. The number of fused-ring (bicyclic) bond motifs is 3. The summed E-state index contributed by atoms with van der Waals surface area (Å²) in [4.78, 5) is 0. The van der Waals surface area contributed by atoms with Crippen molar-refractivity contribution >= 4 is 0 Å². The molecule has 3 rings (SSSR count). The van der Waals surface area contributed by atoms with Crippen LogP contribution in [0.2, 0.25) is 0 Å². The van der Waals surface area contributed by atoms with E-state index in [0.717, 1.165) is 6.42 Å². The van der Waals surface area contributed by atoms with Crippen molar-refractivity contribution in [1.29, 1.82) is 0 Å². The zero-order valence-electron chi connectivity index (χ0n) is 8.17. The van der Waals surface area contributed by atoms with Crippen molar-refractivity contribution in [3.63, 3.8) is 0 Å². The first-order valence-corrected chi connectivity index (χ1v) is 4.95. The summed E-state index contributed by atoms with van der Waals surface area (Å²) in [5.41, 5.74) is 6.97. The first-order valence-electron chi connectivity index (χ1n) is 4.95. The van der Waals surface area contributed by atoms with Gasteiger partial charge in [-0.15, -0.1) is 0 Å². The fourth-order valence-electron chi connectivity index (χ4n) is 2.30. The summed E-state index contributed by atoms with van der Waals surface area (Å²) in [7, 11) is 0. The summed E-state index contributed by atoms with van der Waals surface area (Å²) in [5.74, 6) is 0. The largest absolute Gasteiger partial charge is 0.0617 e. The summed E-state index contributed by atoms with van der Waals surface area (Å²) in [6.45, 7) is 2.18. The van der Waals surface area contributed by atoms with E-state index < -0.39 is 0 Å². The van der Waals surface area contributed by atoms with Crippen LogP contribution in [0.15, 0.2) is 36.4 Å². The molecule has 0 N–H and O–H groups in total. The molecule has 0 saturated heterocycles. The highest BCUT2D eigenvalue weighted by Gasteiger charge is 2.18. The van der Waals surface area contributed by atoms with E-state index in [2.05, 4.69) is 43.3 Å². The molecular weight excluding hydrogens is 168 g/mol. The average Bonchev–Trinajstić information content (AvgIpc) is 2.57. The predicted molar refractivity (Wildman–Crippen MR) is 58.3 cm³/mol. The van der Waals surface area contributed by atoms with Crippen LogP contribution in [0.25, 0.3) is 11.1 Å². The summed E-state index contributed by atoms with van der Waals surface area (Å²) < 4.78 is 0. The van der Waals surface area contributed by atoms with E-state index in [-0.39, 0.29) is 0 Å². The third-order valence-electron chi connectivity index (χ3n) is 2.94. The molecule has 0 atom stereocenters. The molecule has 0 aromatic heterocycles. The third-order valence-corrected chi connectivity index (χ3v) is 2.94. The molecular formula is C14H11. The second-order valence-corrected chi connectivity index (χ2v) is 3.85. The van der Waals surface area contributed by atoms with Gasteiger partial charge in [0.05, 0.1) is 0 Å². The molecule has 0 nitrogen and oxygen atoms in total. The quantitative estimate of drug-likeness (QED) is 0.496. The molecule has 1 aliphatic rings. The lowest BCUT2D eigenvalue weighted by atomic mass is 10.0. The Kier molecular flexibility index (Phi) is 1.51. The Morgan fingerprint density at radius 2 is 2.07 bits per heavy atom. The van der Waals surface area contributed by atoms with Crippen LogP contribution in [0.4, 0.5) is 0 Å². The van der Waals surface area contributed by atoms with Crippen molar-refractivity contribution in [3.8, 4) is 11.1 Å². The molecule has 2 aromatic carbocycles. The van der Waals surface area contributed by atoms with Crippen LogP contribution in [-0.4, -0.2) is 0 Å². The van der Waals surface area contributed by atoms with Crippen molar-refractivity contribution in [2.75, 3.05) is 0 Å². The van der Waals surface area contributed by atoms with Crippen LogP contribution < -0.4 is 0 Å². The highest BCUT2D eigenvalue weighted by Crippen LogP contribution is 2.37. The highest BCUT2D eigenvalue weighted by molar-refractivity contribution is 5.78. The van der Waals surface area contributed by atoms with Crippen LogP contribution in [0.1, 0.15) is 16.7 Å². The Hall–Kier alpha value is -1.56. The maximum atomic E-state index is 3.32. The Morgan fingerprint density at radius 1 is 1.14 bits per heavy atom. The monoisotopic (exact) mass is 179 g/mol. The van der Waals surface area contributed by atoms with Gasteiger partial charge >= 0.3 is 0 Å². The predicted octanol–water partition coefficient (Wildman–Crippen LogP) is 3.37. The summed E-state index contributed by atoms with van der Waals surface area (Å²) in [6.07, 6.45) is 1.05. The number of benzene rings is 2. The number of hydrogen-bond acceptors (Lipinski definition) is 0. The van der Waals surface area contributed by atoms with Gasteiger partial charge in [-0.25, -0.2) is 0 Å². The molecule has 0 heterocycles. The van der Waals surface area contributed by atoms with Gasteiger partial charge in [-0.05, 0) is 47.2 Å². The van der Waals surface area contributed by atoms with Gasteiger partial charge in [0.2, 0.25) is 0 Å². The van der Waals surface area contributed by atoms with Crippen molar-refractivity contribution in [3.05, 3.63) is 59.2 Å². The van der Waals surface area contributed by atoms with Crippen LogP contribution in [0.5, 0.6) is 0 Å². The molecule has 0 unspecified atom stereocenters. The molecule has 1 radical (unpaired) electrons. The normalized spacial score (nSPS) is 12.4. The molecule has 0 saturated carbocycles. The highest BCUT2D eigenvalue weighted by atomic mass is 14.2. The van der Waals surface area contributed by atoms with Gasteiger partial charge in [0, 0.05) is 0 Å². The lowest BCUT2D eigenvalue weighted by Gasteiger charge is -2.03. The van der Waals surface area contributed by atoms with E-state index in [4.69, 9.17) is 0 Å². The Labute approximate surface area is 84.2 Å². The van der Waals surface area contributed by atoms with Crippen molar-refractivity contribution in [2.24, 2.45) is 0 Å². The molecule has 0 spiro atoms. The number of hydrogen-bond donors (Lipinski definition) is 0. The number of aryl methyl sites for hydroxylation is 1. The first-order chi connectivity index (χ1) is 6.86. The summed E-state index contributed by atoms with van der Waals surface area (Å²) in [5, 5.41) is 0. The fourth-order valence-corrected chi connectivity index (χ4v) is 2.30. The van der Waals surface area contributed by atoms with Crippen LogP contribution >= 0.6 is 0 Å². The maximum absolute atomic E-state index is 3.32. The second-order valence-electron chi connectivity index (χ2n) is 3.85. The molecule has 14 heavy (non-hydrogen) atoms. The van der Waals surface area contributed by atoms with E-state index in [1.54, 1.807) is 0 Å². The zero-order valence-corrected chi connectivity index (χ0v) is 8.17. The molecule has 0 heteroatoms. The van der Waals surface area contributed by atoms with Gasteiger partial charge in [-0.1, -0.05) is 36.4 Å². The number of rotatable bonds is 0. The minimum atomic E-state index is 1.05. The van der Waals surface area contributed by atoms with Crippen LogP contribution in [-0.2, 0) is 6.42 Å². The van der Waals surface area contributed by atoms with Crippen molar-refractivity contribution in [2.45, 2.75) is 13.3 Å². The summed E-state index contributed by atoms with van der Waals surface area (Å²) >= 11 is 0. The van der Waals surface area contributed by atoms with Gasteiger partial charge < -0.3 is 0 Å². The summed E-state index contributed by atoms with van der Waals surface area (Å²) in [6, 6.07) is 16.1. The fraction of sp³-hybridized carbons (Fsp3) is 0.143. The third kappa shape index (κ3) is 0.941. The Balaban J connectivity index is 2.35. The van der Waals surface area contributed by atoms with Crippen molar-refractivity contribution in [1.82, 2.24) is 0 Å².